The largest absolute Gasteiger partial charge is 0.482 e. The molecular formula is C19H19N3O6. The third-order valence-electron chi connectivity index (χ3n) is 3.83. The molecule has 0 saturated carbocycles. The zero-order valence-corrected chi connectivity index (χ0v) is 15.0. The lowest BCUT2D eigenvalue weighted by Crippen LogP contribution is -2.49. The first-order valence-electron chi connectivity index (χ1n) is 8.14. The zero-order chi connectivity index (χ0) is 20.7. The first kappa shape index (κ1) is 20.6. The minimum atomic E-state index is -1.39. The van der Waals surface area contributed by atoms with Crippen molar-refractivity contribution in [3.05, 3.63) is 65.7 Å². The van der Waals surface area contributed by atoms with Crippen molar-refractivity contribution in [2.24, 2.45) is 10.9 Å². The number of aliphatic carboxylic acids is 1. The molecule has 0 saturated heterocycles. The van der Waals surface area contributed by atoms with E-state index in [0.29, 0.717) is 5.56 Å². The number of carbonyl (C=O) groups is 3. The molecule has 9 nitrogen and oxygen atoms in total. The fourth-order valence-corrected chi connectivity index (χ4v) is 2.37. The Morgan fingerprint density at radius 1 is 1.07 bits per heavy atom. The summed E-state index contributed by atoms with van der Waals surface area (Å²) in [6, 6.07) is 12.5. The maximum absolute atomic E-state index is 12.6. The molecule has 0 heterocycles. The third kappa shape index (κ3) is 4.92. The van der Waals surface area contributed by atoms with Crippen LogP contribution in [0.25, 0.3) is 0 Å². The maximum atomic E-state index is 12.6. The number of carboxylic acids is 1. The fraction of sp³-hybridized carbons (Fsp3) is 0.158. The van der Waals surface area contributed by atoms with Gasteiger partial charge in [-0.3, -0.25) is 14.5 Å². The Bertz CT molecular complexity index is 880. The first-order chi connectivity index (χ1) is 13.3. The number of amides is 1. The van der Waals surface area contributed by atoms with Crippen LogP contribution >= 0.6 is 0 Å². The number of nitrogens with zero attached hydrogens (tertiary/aromatic N) is 2. The number of oxime groups is 1. The van der Waals surface area contributed by atoms with Crippen LogP contribution in [-0.4, -0.2) is 58.4 Å². The van der Waals surface area contributed by atoms with Crippen molar-refractivity contribution in [3.8, 4) is 5.75 Å². The number of carboxylic acid groups (broad SMARTS) is 1. The van der Waals surface area contributed by atoms with Crippen LogP contribution in [-0.2, 0) is 4.79 Å². The van der Waals surface area contributed by atoms with Gasteiger partial charge in [0, 0.05) is 18.2 Å². The van der Waals surface area contributed by atoms with Crippen molar-refractivity contribution < 1.29 is 29.4 Å². The summed E-state index contributed by atoms with van der Waals surface area (Å²) in [5.74, 6) is -2.26. The monoisotopic (exact) mass is 385 g/mol. The summed E-state index contributed by atoms with van der Waals surface area (Å²) < 4.78 is 4.99. The predicted molar refractivity (Wildman–Crippen MR) is 99.6 cm³/mol. The quantitative estimate of drug-likeness (QED) is 0.214. The van der Waals surface area contributed by atoms with Crippen molar-refractivity contribution in [1.29, 1.82) is 0 Å². The van der Waals surface area contributed by atoms with Gasteiger partial charge in [-0.15, -0.1) is 0 Å². The van der Waals surface area contributed by atoms with E-state index < -0.39 is 30.3 Å². The van der Waals surface area contributed by atoms with Gasteiger partial charge in [-0.05, 0) is 36.4 Å². The van der Waals surface area contributed by atoms with E-state index in [-0.39, 0.29) is 17.1 Å². The number of ketones is 1. The van der Waals surface area contributed by atoms with Crippen LogP contribution in [0.4, 0.5) is 0 Å². The minimum Gasteiger partial charge on any atom is -0.482 e. The van der Waals surface area contributed by atoms with Gasteiger partial charge in [0.15, 0.2) is 18.2 Å². The van der Waals surface area contributed by atoms with Crippen molar-refractivity contribution in [3.63, 3.8) is 0 Å². The standard InChI is InChI=1S/C19H19N3O6/c1-22(19(26)13-5-3-2-4-6-13)18(21-27)16(20)17(25)12-7-9-14(10-8-12)28-11-15(23)24/h2-10,16,27H,11,20H2,1H3,(H,23,24). The lowest BCUT2D eigenvalue weighted by Gasteiger charge is -2.22. The van der Waals surface area contributed by atoms with Gasteiger partial charge in [0.2, 0.25) is 0 Å². The molecule has 1 unspecified atom stereocenters. The molecule has 28 heavy (non-hydrogen) atoms. The molecule has 0 aliphatic carbocycles. The van der Waals surface area contributed by atoms with Crippen LogP contribution in [0.1, 0.15) is 20.7 Å². The van der Waals surface area contributed by atoms with Crippen molar-refractivity contribution >= 4 is 23.5 Å². The molecule has 0 aliphatic rings. The Morgan fingerprint density at radius 2 is 1.68 bits per heavy atom. The van der Waals surface area contributed by atoms with Gasteiger partial charge in [0.05, 0.1) is 0 Å². The number of carbonyl (C=O) groups excluding carboxylic acids is 2. The summed E-state index contributed by atoms with van der Waals surface area (Å²) in [4.78, 5) is 36.6. The molecule has 1 atom stereocenters. The smallest absolute Gasteiger partial charge is 0.341 e. The lowest BCUT2D eigenvalue weighted by atomic mass is 10.0. The molecule has 146 valence electrons. The molecule has 0 bridgehead atoms. The summed E-state index contributed by atoms with van der Waals surface area (Å²) in [5, 5.41) is 20.9. The Morgan fingerprint density at radius 3 is 2.21 bits per heavy atom. The van der Waals surface area contributed by atoms with Crippen molar-refractivity contribution in [2.75, 3.05) is 13.7 Å². The molecule has 0 aromatic heterocycles. The molecule has 2 aromatic carbocycles. The average molecular weight is 385 g/mol. The van der Waals surface area contributed by atoms with Gasteiger partial charge >= 0.3 is 5.97 Å². The third-order valence-corrected chi connectivity index (χ3v) is 3.83. The van der Waals surface area contributed by atoms with Crippen LogP contribution in [0.3, 0.4) is 0 Å². The highest BCUT2D eigenvalue weighted by atomic mass is 16.5. The van der Waals surface area contributed by atoms with Gasteiger partial charge in [0.1, 0.15) is 11.8 Å². The Kier molecular flexibility index (Phi) is 6.83. The van der Waals surface area contributed by atoms with E-state index in [9.17, 15) is 19.6 Å². The van der Waals surface area contributed by atoms with Gasteiger partial charge < -0.3 is 20.8 Å². The summed E-state index contributed by atoms with van der Waals surface area (Å²) in [5.41, 5.74) is 6.43. The van der Waals surface area contributed by atoms with Crippen LogP contribution < -0.4 is 10.5 Å². The SMILES string of the molecule is CN(C(=O)c1ccccc1)C(=NO)C(N)C(=O)c1ccc(OCC(=O)O)cc1. The molecule has 1 amide bonds. The number of nitrogens with two attached hydrogens (primary N) is 1. The highest BCUT2D eigenvalue weighted by molar-refractivity contribution is 6.19. The number of hydrogen-bond acceptors (Lipinski definition) is 7. The molecule has 4 N–H and O–H groups in total. The lowest BCUT2D eigenvalue weighted by molar-refractivity contribution is -0.139. The summed E-state index contributed by atoms with van der Waals surface area (Å²) >= 11 is 0. The van der Waals surface area contributed by atoms with E-state index in [2.05, 4.69) is 5.16 Å². The normalized spacial score (nSPS) is 12.1. The molecular weight excluding hydrogens is 366 g/mol. The number of Topliss-reactive ketones (excluding diaryl/α,β-unsaturated/α-hetero) is 1. The van der Waals surface area contributed by atoms with Crippen LogP contribution in [0.2, 0.25) is 0 Å². The summed E-state index contributed by atoms with van der Waals surface area (Å²) in [7, 11) is 1.35. The van der Waals surface area contributed by atoms with Crippen molar-refractivity contribution in [1.82, 2.24) is 4.90 Å². The topological polar surface area (TPSA) is 143 Å². The number of ether oxygens (including phenoxy) is 1. The van der Waals surface area contributed by atoms with Gasteiger partial charge in [-0.25, -0.2) is 4.79 Å². The van der Waals surface area contributed by atoms with E-state index in [0.717, 1.165) is 4.90 Å². The Balaban J connectivity index is 2.13. The van der Waals surface area contributed by atoms with Crippen LogP contribution in [0, 0.1) is 0 Å². The minimum absolute atomic E-state index is 0.178. The summed E-state index contributed by atoms with van der Waals surface area (Å²) in [6.45, 7) is -0.513. The highest BCUT2D eigenvalue weighted by Gasteiger charge is 2.28. The maximum Gasteiger partial charge on any atom is 0.341 e. The van der Waals surface area contributed by atoms with E-state index in [1.165, 1.54) is 31.3 Å². The Labute approximate surface area is 160 Å². The fourth-order valence-electron chi connectivity index (χ4n) is 2.37. The van der Waals surface area contributed by atoms with Crippen LogP contribution in [0.5, 0.6) is 5.75 Å². The molecule has 0 spiro atoms. The van der Waals surface area contributed by atoms with E-state index >= 15 is 0 Å². The van der Waals surface area contributed by atoms with Gasteiger partial charge in [0.25, 0.3) is 5.91 Å². The highest BCUT2D eigenvalue weighted by Crippen LogP contribution is 2.14. The molecule has 0 radical (unpaired) electrons. The summed E-state index contributed by atoms with van der Waals surface area (Å²) in [6.07, 6.45) is 0. The average Bonchev–Trinajstić information content (AvgIpc) is 2.72. The number of hydrogen-bond donors (Lipinski definition) is 3. The predicted octanol–water partition coefficient (Wildman–Crippen LogP) is 1.22. The van der Waals surface area contributed by atoms with Gasteiger partial charge in [-0.1, -0.05) is 23.4 Å². The molecule has 2 aromatic rings. The Hall–Kier alpha value is -3.72. The molecule has 0 fully saturated rings. The second-order valence-corrected chi connectivity index (χ2v) is 5.74. The molecule has 2 rings (SSSR count). The number of benzene rings is 2. The van der Waals surface area contributed by atoms with E-state index in [4.69, 9.17) is 15.6 Å². The second kappa shape index (κ2) is 9.28. The van der Waals surface area contributed by atoms with E-state index in [1.807, 2.05) is 0 Å². The molecule has 0 aliphatic heterocycles. The zero-order valence-electron chi connectivity index (χ0n) is 15.0. The van der Waals surface area contributed by atoms with Crippen molar-refractivity contribution in [2.45, 2.75) is 6.04 Å². The number of rotatable bonds is 7. The van der Waals surface area contributed by atoms with Gasteiger partial charge in [-0.2, -0.15) is 0 Å². The van der Waals surface area contributed by atoms with E-state index in [1.54, 1.807) is 30.3 Å². The number of amidine groups is 1. The second-order valence-electron chi connectivity index (χ2n) is 5.74. The van der Waals surface area contributed by atoms with Crippen LogP contribution in [0.15, 0.2) is 59.8 Å². The molecule has 9 heteroatoms. The first-order valence-corrected chi connectivity index (χ1v) is 8.14. The number of likely N-dealkylation sites (N-methyl/N-ethyl adjacent to an activating group) is 1.